The van der Waals surface area contributed by atoms with Crippen LogP contribution in [0.25, 0.3) is 27.6 Å². The molecule has 0 saturated carbocycles. The molecular formula is C22H22F3N5. The molecule has 0 fully saturated rings. The van der Waals surface area contributed by atoms with Gasteiger partial charge in [-0.25, -0.2) is 9.97 Å². The van der Waals surface area contributed by atoms with Crippen LogP contribution in [-0.2, 0) is 6.18 Å². The van der Waals surface area contributed by atoms with Crippen molar-refractivity contribution in [1.82, 2.24) is 14.5 Å². The zero-order chi connectivity index (χ0) is 21.6. The van der Waals surface area contributed by atoms with E-state index in [9.17, 15) is 13.2 Å². The fourth-order valence-corrected chi connectivity index (χ4v) is 4.05. The highest BCUT2D eigenvalue weighted by molar-refractivity contribution is 6.13. The predicted molar refractivity (Wildman–Crippen MR) is 113 cm³/mol. The minimum atomic E-state index is -4.67. The van der Waals surface area contributed by atoms with Gasteiger partial charge in [-0.2, -0.15) is 13.2 Å². The van der Waals surface area contributed by atoms with Crippen LogP contribution in [0.3, 0.4) is 0 Å². The number of aryl methyl sites for hydroxylation is 3. The lowest BCUT2D eigenvalue weighted by atomic mass is 10.0. The zero-order valence-corrected chi connectivity index (χ0v) is 16.9. The number of nitrogens with two attached hydrogens (primary N) is 1. The third-order valence-corrected chi connectivity index (χ3v) is 5.07. The van der Waals surface area contributed by atoms with Gasteiger partial charge in [-0.05, 0) is 38.0 Å². The van der Waals surface area contributed by atoms with Crippen LogP contribution in [0.5, 0.6) is 0 Å². The molecule has 2 aromatic heterocycles. The second-order valence-corrected chi connectivity index (χ2v) is 7.41. The van der Waals surface area contributed by atoms with E-state index >= 15 is 0 Å². The Morgan fingerprint density at radius 1 is 1.03 bits per heavy atom. The van der Waals surface area contributed by atoms with Crippen molar-refractivity contribution >= 4 is 27.8 Å². The van der Waals surface area contributed by atoms with Crippen molar-refractivity contribution in [2.45, 2.75) is 26.9 Å². The normalized spacial score (nSPS) is 12.1. The number of nitrogens with zero attached hydrogens (tertiary/aromatic N) is 3. The van der Waals surface area contributed by atoms with Gasteiger partial charge >= 0.3 is 6.18 Å². The standard InChI is InChI=1S/C22H22F3N5/c1-12-10-13(2)18(14(3)11-12)30-16-7-5-4-6-15(16)17-19(27-9-8-26)28-21(22(23,24)25)29-20(17)30/h4-7,10-11H,8-9,26H2,1-3H3,(H,27,28,29). The first-order chi connectivity index (χ1) is 14.2. The summed E-state index contributed by atoms with van der Waals surface area (Å²) in [5, 5.41) is 4.28. The Kier molecular flexibility index (Phi) is 4.89. The molecule has 0 saturated heterocycles. The molecule has 0 spiro atoms. The topological polar surface area (TPSA) is 68.8 Å². The second kappa shape index (κ2) is 7.28. The Morgan fingerprint density at radius 3 is 2.33 bits per heavy atom. The van der Waals surface area contributed by atoms with Crippen LogP contribution >= 0.6 is 0 Å². The summed E-state index contributed by atoms with van der Waals surface area (Å²) in [7, 11) is 0. The van der Waals surface area contributed by atoms with Gasteiger partial charge in [-0.15, -0.1) is 0 Å². The van der Waals surface area contributed by atoms with E-state index < -0.39 is 12.0 Å². The second-order valence-electron chi connectivity index (χ2n) is 7.41. The van der Waals surface area contributed by atoms with Crippen LogP contribution in [0.1, 0.15) is 22.5 Å². The molecule has 0 radical (unpaired) electrons. The maximum atomic E-state index is 13.6. The molecule has 0 amide bonds. The lowest BCUT2D eigenvalue weighted by Crippen LogP contribution is -2.18. The number of aromatic nitrogens is 3. The summed E-state index contributed by atoms with van der Waals surface area (Å²) >= 11 is 0. The van der Waals surface area contributed by atoms with Crippen LogP contribution in [0.15, 0.2) is 36.4 Å². The molecule has 0 unspecified atom stereocenters. The van der Waals surface area contributed by atoms with Crippen molar-refractivity contribution in [2.24, 2.45) is 5.73 Å². The van der Waals surface area contributed by atoms with Crippen molar-refractivity contribution < 1.29 is 13.2 Å². The molecule has 0 bridgehead atoms. The molecule has 0 aliphatic carbocycles. The number of benzene rings is 2. The number of para-hydroxylation sites is 1. The maximum Gasteiger partial charge on any atom is 0.451 e. The lowest BCUT2D eigenvalue weighted by molar-refractivity contribution is -0.144. The number of halogens is 3. The van der Waals surface area contributed by atoms with Crippen molar-refractivity contribution in [3.63, 3.8) is 0 Å². The summed E-state index contributed by atoms with van der Waals surface area (Å²) in [6, 6.07) is 11.5. The first kappa shape index (κ1) is 20.2. The average Bonchev–Trinajstić information content (AvgIpc) is 2.99. The lowest BCUT2D eigenvalue weighted by Gasteiger charge is -2.16. The van der Waals surface area contributed by atoms with E-state index in [-0.39, 0.29) is 18.0 Å². The summed E-state index contributed by atoms with van der Waals surface area (Å²) in [5.41, 5.74) is 10.4. The monoisotopic (exact) mass is 413 g/mol. The number of hydrogen-bond donors (Lipinski definition) is 2. The van der Waals surface area contributed by atoms with Gasteiger partial charge < -0.3 is 11.1 Å². The van der Waals surface area contributed by atoms with E-state index in [1.54, 1.807) is 4.57 Å². The van der Waals surface area contributed by atoms with Gasteiger partial charge in [0.25, 0.3) is 0 Å². The molecular weight excluding hydrogens is 391 g/mol. The van der Waals surface area contributed by atoms with Crippen LogP contribution < -0.4 is 11.1 Å². The molecule has 0 atom stereocenters. The predicted octanol–water partition coefficient (Wildman–Crippen LogP) is 4.89. The Labute approximate surface area is 171 Å². The molecule has 30 heavy (non-hydrogen) atoms. The van der Waals surface area contributed by atoms with E-state index in [0.717, 1.165) is 33.3 Å². The van der Waals surface area contributed by atoms with E-state index in [2.05, 4.69) is 15.3 Å². The molecule has 0 aliphatic heterocycles. The molecule has 0 aliphatic rings. The van der Waals surface area contributed by atoms with Crippen LogP contribution in [0, 0.1) is 20.8 Å². The third-order valence-electron chi connectivity index (χ3n) is 5.07. The number of nitrogens with one attached hydrogen (secondary N) is 1. The fourth-order valence-electron chi connectivity index (χ4n) is 4.05. The average molecular weight is 413 g/mol. The molecule has 2 aromatic carbocycles. The summed E-state index contributed by atoms with van der Waals surface area (Å²) in [6.45, 7) is 6.46. The molecule has 2 heterocycles. The van der Waals surface area contributed by atoms with Gasteiger partial charge in [0.05, 0.1) is 16.6 Å². The summed E-state index contributed by atoms with van der Waals surface area (Å²) in [5.74, 6) is -1.05. The number of rotatable bonds is 4. The third kappa shape index (κ3) is 3.27. The Morgan fingerprint density at radius 2 is 1.70 bits per heavy atom. The van der Waals surface area contributed by atoms with E-state index in [4.69, 9.17) is 5.73 Å². The van der Waals surface area contributed by atoms with E-state index in [1.807, 2.05) is 57.2 Å². The number of fused-ring (bicyclic) bond motifs is 3. The van der Waals surface area contributed by atoms with Gasteiger partial charge in [0.1, 0.15) is 5.82 Å². The Bertz CT molecular complexity index is 1230. The highest BCUT2D eigenvalue weighted by Gasteiger charge is 2.36. The Balaban J connectivity index is 2.20. The van der Waals surface area contributed by atoms with Crippen LogP contribution in [-0.4, -0.2) is 27.6 Å². The van der Waals surface area contributed by atoms with E-state index in [1.165, 1.54) is 0 Å². The summed E-state index contributed by atoms with van der Waals surface area (Å²) in [6.07, 6.45) is -4.67. The molecule has 8 heteroatoms. The molecule has 4 aromatic rings. The highest BCUT2D eigenvalue weighted by atomic mass is 19.4. The first-order valence-electron chi connectivity index (χ1n) is 9.63. The number of hydrogen-bond acceptors (Lipinski definition) is 4. The van der Waals surface area contributed by atoms with Crippen molar-refractivity contribution in [1.29, 1.82) is 0 Å². The smallest absolute Gasteiger partial charge is 0.368 e. The fraction of sp³-hybridized carbons (Fsp3) is 0.273. The van der Waals surface area contributed by atoms with Crippen LogP contribution in [0.4, 0.5) is 19.0 Å². The SMILES string of the molecule is Cc1cc(C)c(-n2c3ccccc3c3c(NCCN)nc(C(F)(F)F)nc32)c(C)c1. The Hall–Kier alpha value is -3.13. The van der Waals surface area contributed by atoms with Gasteiger partial charge in [0.2, 0.25) is 5.82 Å². The summed E-state index contributed by atoms with van der Waals surface area (Å²) < 4.78 is 42.7. The van der Waals surface area contributed by atoms with Crippen LogP contribution in [0.2, 0.25) is 0 Å². The molecule has 3 N–H and O–H groups in total. The van der Waals surface area contributed by atoms with Crippen molar-refractivity contribution in [3.05, 3.63) is 58.9 Å². The summed E-state index contributed by atoms with van der Waals surface area (Å²) in [4.78, 5) is 7.80. The van der Waals surface area contributed by atoms with E-state index in [0.29, 0.717) is 11.9 Å². The minimum Gasteiger partial charge on any atom is -0.368 e. The maximum absolute atomic E-state index is 13.6. The van der Waals surface area contributed by atoms with Crippen molar-refractivity contribution in [3.8, 4) is 5.69 Å². The quantitative estimate of drug-likeness (QED) is 0.500. The largest absolute Gasteiger partial charge is 0.451 e. The molecule has 5 nitrogen and oxygen atoms in total. The van der Waals surface area contributed by atoms with Gasteiger partial charge in [-0.3, -0.25) is 4.57 Å². The van der Waals surface area contributed by atoms with Gasteiger partial charge in [0.15, 0.2) is 5.65 Å². The number of alkyl halides is 3. The van der Waals surface area contributed by atoms with Gasteiger partial charge in [0, 0.05) is 18.5 Å². The first-order valence-corrected chi connectivity index (χ1v) is 9.63. The molecule has 156 valence electrons. The number of anilines is 1. The highest BCUT2D eigenvalue weighted by Crippen LogP contribution is 2.38. The minimum absolute atomic E-state index is 0.134. The zero-order valence-electron chi connectivity index (χ0n) is 16.9. The van der Waals surface area contributed by atoms with Crippen molar-refractivity contribution in [2.75, 3.05) is 18.4 Å². The molecule has 4 rings (SSSR count). The van der Waals surface area contributed by atoms with Gasteiger partial charge in [-0.1, -0.05) is 35.9 Å².